The van der Waals surface area contributed by atoms with E-state index in [0.29, 0.717) is 24.2 Å². The first-order valence-electron chi connectivity index (χ1n) is 9.69. The molecule has 1 aliphatic carbocycles. The Labute approximate surface area is 173 Å². The van der Waals surface area contributed by atoms with Crippen molar-refractivity contribution in [2.24, 2.45) is 11.8 Å². The molecular weight excluding hydrogens is 384 g/mol. The van der Waals surface area contributed by atoms with Gasteiger partial charge in [-0.15, -0.1) is 0 Å². The molecule has 7 heteroatoms. The van der Waals surface area contributed by atoms with Crippen LogP contribution in [0.3, 0.4) is 0 Å². The number of carbonyl (C=O) groups excluding carboxylic acids is 4. The van der Waals surface area contributed by atoms with Crippen LogP contribution in [0.5, 0.6) is 0 Å². The fourth-order valence-corrected chi connectivity index (χ4v) is 3.73. The number of amides is 3. The average Bonchev–Trinajstić information content (AvgIpc) is 3.03. The Morgan fingerprint density at radius 3 is 2.10 bits per heavy atom. The molecule has 2 aromatic carbocycles. The highest BCUT2D eigenvalue weighted by atomic mass is 16.5. The minimum atomic E-state index is -0.665. The van der Waals surface area contributed by atoms with Gasteiger partial charge < -0.3 is 10.1 Å². The standard InChI is InChI=1S/C23H20N2O5/c26-20(24-16-6-2-1-3-7-16)14-30-23(29)15-10-12-17(13-11-15)25-21(27)18-8-4-5-9-19(18)22(25)28/h1-7,10-13,18-19H,8-9,14H2,(H,24,26)/t18-,19-/m1/s1. The van der Waals surface area contributed by atoms with Gasteiger partial charge in [-0.05, 0) is 49.2 Å². The number of carbonyl (C=O) groups is 4. The number of anilines is 2. The molecule has 1 heterocycles. The summed E-state index contributed by atoms with van der Waals surface area (Å²) in [5.41, 5.74) is 1.26. The number of nitrogens with zero attached hydrogens (tertiary/aromatic N) is 1. The first-order chi connectivity index (χ1) is 14.5. The largest absolute Gasteiger partial charge is 0.452 e. The molecule has 4 rings (SSSR count). The summed E-state index contributed by atoms with van der Waals surface area (Å²) in [5, 5.41) is 2.63. The van der Waals surface area contributed by atoms with Crippen LogP contribution < -0.4 is 10.2 Å². The van der Waals surface area contributed by atoms with Crippen molar-refractivity contribution in [1.29, 1.82) is 0 Å². The molecule has 0 radical (unpaired) electrons. The van der Waals surface area contributed by atoms with E-state index in [1.165, 1.54) is 17.0 Å². The van der Waals surface area contributed by atoms with Crippen molar-refractivity contribution in [3.8, 4) is 0 Å². The van der Waals surface area contributed by atoms with Gasteiger partial charge in [0.2, 0.25) is 11.8 Å². The molecule has 0 bridgehead atoms. The third-order valence-electron chi connectivity index (χ3n) is 5.26. The van der Waals surface area contributed by atoms with Gasteiger partial charge in [-0.1, -0.05) is 30.4 Å². The zero-order valence-corrected chi connectivity index (χ0v) is 16.1. The second-order valence-corrected chi connectivity index (χ2v) is 7.20. The zero-order chi connectivity index (χ0) is 21.1. The number of rotatable bonds is 5. The van der Waals surface area contributed by atoms with Crippen LogP contribution in [-0.4, -0.2) is 30.3 Å². The van der Waals surface area contributed by atoms with Crippen molar-refractivity contribution in [3.63, 3.8) is 0 Å². The maximum atomic E-state index is 12.6. The number of nitrogens with one attached hydrogen (secondary N) is 1. The third-order valence-corrected chi connectivity index (χ3v) is 5.26. The quantitative estimate of drug-likeness (QED) is 0.470. The molecule has 152 valence electrons. The van der Waals surface area contributed by atoms with Crippen LogP contribution in [0.25, 0.3) is 0 Å². The fraction of sp³-hybridized carbons (Fsp3) is 0.217. The summed E-state index contributed by atoms with van der Waals surface area (Å²) in [7, 11) is 0. The number of ether oxygens (including phenoxy) is 1. The number of hydrogen-bond acceptors (Lipinski definition) is 5. The first kappa shape index (κ1) is 19.6. The Morgan fingerprint density at radius 2 is 1.50 bits per heavy atom. The molecule has 0 aromatic heterocycles. The summed E-state index contributed by atoms with van der Waals surface area (Å²) in [4.78, 5) is 50.6. The van der Waals surface area contributed by atoms with E-state index in [1.54, 1.807) is 36.4 Å². The van der Waals surface area contributed by atoms with E-state index in [1.807, 2.05) is 18.2 Å². The predicted octanol–water partition coefficient (Wildman–Crippen LogP) is 2.94. The Balaban J connectivity index is 1.36. The van der Waals surface area contributed by atoms with Crippen molar-refractivity contribution >= 4 is 35.1 Å². The minimum Gasteiger partial charge on any atom is -0.452 e. The van der Waals surface area contributed by atoms with Crippen LogP contribution >= 0.6 is 0 Å². The van der Waals surface area contributed by atoms with Gasteiger partial charge in [0, 0.05) is 5.69 Å². The Bertz CT molecular complexity index is 988. The van der Waals surface area contributed by atoms with E-state index in [0.717, 1.165) is 0 Å². The van der Waals surface area contributed by atoms with E-state index < -0.39 is 18.5 Å². The molecule has 0 saturated carbocycles. The number of para-hydroxylation sites is 1. The highest BCUT2D eigenvalue weighted by Crippen LogP contribution is 2.37. The second-order valence-electron chi connectivity index (χ2n) is 7.20. The van der Waals surface area contributed by atoms with Crippen LogP contribution in [0.2, 0.25) is 0 Å². The lowest BCUT2D eigenvalue weighted by atomic mass is 9.85. The van der Waals surface area contributed by atoms with Crippen LogP contribution in [-0.2, 0) is 19.1 Å². The normalized spacial score (nSPS) is 20.1. The Kier molecular flexibility index (Phi) is 5.43. The van der Waals surface area contributed by atoms with E-state index >= 15 is 0 Å². The molecular formula is C23H20N2O5. The average molecular weight is 404 g/mol. The van der Waals surface area contributed by atoms with Gasteiger partial charge in [0.15, 0.2) is 6.61 Å². The summed E-state index contributed by atoms with van der Waals surface area (Å²) in [6.45, 7) is -0.422. The molecule has 1 saturated heterocycles. The van der Waals surface area contributed by atoms with Gasteiger partial charge in [-0.3, -0.25) is 19.3 Å². The number of hydrogen-bond donors (Lipinski definition) is 1. The Hall–Kier alpha value is -3.74. The maximum Gasteiger partial charge on any atom is 0.338 e. The minimum absolute atomic E-state index is 0.206. The van der Waals surface area contributed by atoms with Crippen molar-refractivity contribution < 1.29 is 23.9 Å². The van der Waals surface area contributed by atoms with Gasteiger partial charge in [0.1, 0.15) is 0 Å². The summed E-state index contributed by atoms with van der Waals surface area (Å²) in [6, 6.07) is 14.9. The van der Waals surface area contributed by atoms with E-state index in [2.05, 4.69) is 5.32 Å². The van der Waals surface area contributed by atoms with Crippen molar-refractivity contribution in [3.05, 3.63) is 72.3 Å². The number of esters is 1. The maximum absolute atomic E-state index is 12.6. The summed E-state index contributed by atoms with van der Waals surface area (Å²) in [6.07, 6.45) is 5.01. The lowest BCUT2D eigenvalue weighted by Gasteiger charge is -2.15. The first-order valence-corrected chi connectivity index (χ1v) is 9.69. The molecule has 1 fully saturated rings. The topological polar surface area (TPSA) is 92.8 Å². The monoisotopic (exact) mass is 404 g/mol. The lowest BCUT2D eigenvalue weighted by Crippen LogP contribution is -2.30. The van der Waals surface area contributed by atoms with Gasteiger partial charge in [-0.25, -0.2) is 4.79 Å². The Morgan fingerprint density at radius 1 is 0.900 bits per heavy atom. The highest BCUT2D eigenvalue weighted by Gasteiger charge is 2.47. The van der Waals surface area contributed by atoms with E-state index in [4.69, 9.17) is 4.74 Å². The predicted molar refractivity (Wildman–Crippen MR) is 110 cm³/mol. The fourth-order valence-electron chi connectivity index (χ4n) is 3.73. The molecule has 7 nitrogen and oxygen atoms in total. The zero-order valence-electron chi connectivity index (χ0n) is 16.1. The molecule has 1 N–H and O–H groups in total. The smallest absolute Gasteiger partial charge is 0.338 e. The van der Waals surface area contributed by atoms with Crippen LogP contribution in [0.15, 0.2) is 66.7 Å². The lowest BCUT2D eigenvalue weighted by molar-refractivity contribution is -0.122. The third kappa shape index (κ3) is 3.87. The van der Waals surface area contributed by atoms with Gasteiger partial charge >= 0.3 is 5.97 Å². The van der Waals surface area contributed by atoms with Gasteiger partial charge in [0.25, 0.3) is 5.91 Å². The molecule has 0 unspecified atom stereocenters. The van der Waals surface area contributed by atoms with Crippen molar-refractivity contribution in [1.82, 2.24) is 0 Å². The van der Waals surface area contributed by atoms with Crippen LogP contribution in [0.1, 0.15) is 23.2 Å². The molecule has 0 spiro atoms. The molecule has 2 aliphatic rings. The number of fused-ring (bicyclic) bond motifs is 1. The molecule has 3 amide bonds. The molecule has 30 heavy (non-hydrogen) atoms. The van der Waals surface area contributed by atoms with Gasteiger partial charge in [-0.2, -0.15) is 0 Å². The summed E-state index contributed by atoms with van der Waals surface area (Å²) >= 11 is 0. The second kappa shape index (κ2) is 8.32. The van der Waals surface area contributed by atoms with Crippen molar-refractivity contribution in [2.45, 2.75) is 12.8 Å². The molecule has 2 atom stereocenters. The SMILES string of the molecule is O=C(COC(=O)c1ccc(N2C(=O)[C@@H]3CC=CC[C@H]3C2=O)cc1)Nc1ccccc1. The molecule has 2 aromatic rings. The molecule has 1 aliphatic heterocycles. The number of benzene rings is 2. The van der Waals surface area contributed by atoms with Crippen molar-refractivity contribution in [2.75, 3.05) is 16.8 Å². The van der Waals surface area contributed by atoms with E-state index in [9.17, 15) is 19.2 Å². The van der Waals surface area contributed by atoms with E-state index in [-0.39, 0.29) is 29.2 Å². The van der Waals surface area contributed by atoms with Gasteiger partial charge in [0.05, 0.1) is 23.1 Å². The van der Waals surface area contributed by atoms with Crippen LogP contribution in [0.4, 0.5) is 11.4 Å². The van der Waals surface area contributed by atoms with Crippen LogP contribution in [0, 0.1) is 11.8 Å². The number of imide groups is 1. The summed E-state index contributed by atoms with van der Waals surface area (Å²) < 4.78 is 5.04. The summed E-state index contributed by atoms with van der Waals surface area (Å²) in [5.74, 6) is -2.15. The number of allylic oxidation sites excluding steroid dienone is 2. The highest BCUT2D eigenvalue weighted by molar-refractivity contribution is 6.22.